The first-order valence-electron chi connectivity index (χ1n) is 10.0. The minimum Gasteiger partial charge on any atom is -0.545 e. The fourth-order valence-electron chi connectivity index (χ4n) is 6.84. The summed E-state index contributed by atoms with van der Waals surface area (Å²) >= 11 is 0. The molecule has 3 heteroatoms. The predicted molar refractivity (Wildman–Crippen MR) is 107 cm³/mol. The lowest BCUT2D eigenvalue weighted by Crippen LogP contribution is -2.51. The number of hydrogen-bond acceptors (Lipinski definition) is 2. The van der Waals surface area contributed by atoms with Crippen LogP contribution in [-0.4, -0.2) is 14.1 Å². The van der Waals surface area contributed by atoms with E-state index < -0.39 is 13.7 Å². The zero-order valence-electron chi connectivity index (χ0n) is 17.8. The molecule has 140 valence electrons. The van der Waals surface area contributed by atoms with Crippen molar-refractivity contribution in [2.45, 2.75) is 85.9 Å². The monoisotopic (exact) mass is 360 g/mol. The van der Waals surface area contributed by atoms with Gasteiger partial charge in [0.2, 0.25) is 0 Å². The number of fused-ring (bicyclic) bond motifs is 2. The molecule has 2 bridgehead atoms. The van der Waals surface area contributed by atoms with E-state index in [1.54, 1.807) is 0 Å². The molecule has 0 aromatic rings. The van der Waals surface area contributed by atoms with Crippen LogP contribution >= 0.6 is 0 Å². The lowest BCUT2D eigenvalue weighted by molar-refractivity contribution is -0.132. The van der Waals surface area contributed by atoms with Crippen LogP contribution in [0.25, 0.3) is 0 Å². The average molecular weight is 361 g/mol. The normalized spacial score (nSPS) is 37.2. The van der Waals surface area contributed by atoms with E-state index in [9.17, 15) is 4.79 Å². The predicted octanol–water partition coefficient (Wildman–Crippen LogP) is 6.25. The van der Waals surface area contributed by atoms with Crippen LogP contribution in [-0.2, 0) is 9.22 Å². The van der Waals surface area contributed by atoms with Gasteiger partial charge in [0.15, 0.2) is 5.78 Å². The van der Waals surface area contributed by atoms with Crippen LogP contribution in [0.2, 0.25) is 16.6 Å². The number of carbonyl (C=O) groups excluding carboxylic acids is 1. The van der Waals surface area contributed by atoms with Gasteiger partial charge in [-0.15, -0.1) is 0 Å². The Hall–Kier alpha value is -0.833. The van der Waals surface area contributed by atoms with Gasteiger partial charge in [-0.3, -0.25) is 4.79 Å². The Morgan fingerprint density at radius 2 is 1.44 bits per heavy atom. The van der Waals surface area contributed by atoms with Crippen molar-refractivity contribution in [3.8, 4) is 0 Å². The third-order valence-electron chi connectivity index (χ3n) is 7.77. The van der Waals surface area contributed by atoms with Crippen LogP contribution in [0.15, 0.2) is 23.0 Å². The molecule has 0 heterocycles. The number of carbonyl (C=O) groups is 1. The minimum absolute atomic E-state index is 0.178. The minimum atomic E-state index is -2.07. The Morgan fingerprint density at radius 3 is 1.88 bits per heavy atom. The molecule has 25 heavy (non-hydrogen) atoms. The van der Waals surface area contributed by atoms with Gasteiger partial charge in [-0.1, -0.05) is 60.1 Å². The molecule has 1 fully saturated rings. The summed E-state index contributed by atoms with van der Waals surface area (Å²) in [4.78, 5) is 13.4. The number of allylic oxidation sites excluding steroid dienone is 3. The quantitative estimate of drug-likeness (QED) is 0.427. The van der Waals surface area contributed by atoms with E-state index in [1.807, 2.05) is 0 Å². The van der Waals surface area contributed by atoms with E-state index in [0.717, 1.165) is 5.76 Å². The number of Topliss-reactive ketones (excluding diaryl/α,β-unsaturated/α-hetero) is 1. The average Bonchev–Trinajstić information content (AvgIpc) is 3.13. The molecule has 3 rings (SSSR count). The maximum atomic E-state index is 13.4. The zero-order valence-corrected chi connectivity index (χ0v) is 18.8. The highest BCUT2D eigenvalue weighted by Crippen LogP contribution is 2.74. The van der Waals surface area contributed by atoms with Crippen molar-refractivity contribution in [1.29, 1.82) is 0 Å². The molecule has 0 spiro atoms. The van der Waals surface area contributed by atoms with Gasteiger partial charge in [-0.25, -0.2) is 0 Å². The van der Waals surface area contributed by atoms with Gasteiger partial charge in [-0.05, 0) is 43.0 Å². The summed E-state index contributed by atoms with van der Waals surface area (Å²) < 4.78 is 7.12. The molecular weight excluding hydrogens is 324 g/mol. The van der Waals surface area contributed by atoms with Crippen LogP contribution in [0.3, 0.4) is 0 Å². The largest absolute Gasteiger partial charge is 0.545 e. The van der Waals surface area contributed by atoms with E-state index in [0.29, 0.717) is 34.2 Å². The second-order valence-corrected chi connectivity index (χ2v) is 15.5. The van der Waals surface area contributed by atoms with Crippen LogP contribution in [0, 0.1) is 22.7 Å². The molecule has 3 aliphatic carbocycles. The van der Waals surface area contributed by atoms with Crippen LogP contribution in [0.1, 0.15) is 69.2 Å². The SMILES string of the molecule is CC1=C[C@@]2(C)C(=O)[C@]3(C)[C@H](C(C)=C2O[Si](C(C)C)(C(C)C)C(C)C)[C@H]13. The highest BCUT2D eigenvalue weighted by atomic mass is 28.4. The molecule has 0 N–H and O–H groups in total. The van der Waals surface area contributed by atoms with Gasteiger partial charge in [0.05, 0.1) is 5.76 Å². The summed E-state index contributed by atoms with van der Waals surface area (Å²) in [7, 11) is -2.07. The second-order valence-electron chi connectivity index (χ2n) is 10.1. The Labute approximate surface area is 155 Å². The van der Waals surface area contributed by atoms with E-state index in [4.69, 9.17) is 4.43 Å². The first-order valence-corrected chi connectivity index (χ1v) is 12.1. The number of rotatable bonds is 5. The van der Waals surface area contributed by atoms with Gasteiger partial charge in [-0.2, -0.15) is 0 Å². The molecule has 0 aromatic heterocycles. The molecule has 0 unspecified atom stereocenters. The Kier molecular flexibility index (Phi) is 4.05. The first-order chi connectivity index (χ1) is 11.4. The molecular formula is C22H36O2Si. The molecule has 0 saturated heterocycles. The van der Waals surface area contributed by atoms with Gasteiger partial charge in [0.25, 0.3) is 8.32 Å². The van der Waals surface area contributed by atoms with Crippen molar-refractivity contribution in [2.24, 2.45) is 22.7 Å². The first kappa shape index (κ1) is 18.9. The Balaban J connectivity index is 2.16. The molecule has 2 nitrogen and oxygen atoms in total. The maximum absolute atomic E-state index is 13.4. The molecule has 4 atom stereocenters. The summed E-state index contributed by atoms with van der Waals surface area (Å²) in [6.45, 7) is 22.6. The smallest absolute Gasteiger partial charge is 0.258 e. The van der Waals surface area contributed by atoms with Crippen LogP contribution in [0.4, 0.5) is 0 Å². The van der Waals surface area contributed by atoms with Crippen molar-refractivity contribution < 1.29 is 9.22 Å². The summed E-state index contributed by atoms with van der Waals surface area (Å²) in [5.74, 6) is 2.17. The van der Waals surface area contributed by atoms with Crippen molar-refractivity contribution in [2.75, 3.05) is 0 Å². The number of ketones is 1. The van der Waals surface area contributed by atoms with E-state index in [-0.39, 0.29) is 5.41 Å². The molecule has 0 amide bonds. The van der Waals surface area contributed by atoms with Crippen molar-refractivity contribution in [3.63, 3.8) is 0 Å². The molecule has 0 aromatic carbocycles. The second kappa shape index (κ2) is 5.34. The van der Waals surface area contributed by atoms with Gasteiger partial charge in [0.1, 0.15) is 5.41 Å². The topological polar surface area (TPSA) is 26.3 Å². The molecule has 1 saturated carbocycles. The van der Waals surface area contributed by atoms with Gasteiger partial charge < -0.3 is 4.43 Å². The highest BCUT2D eigenvalue weighted by Gasteiger charge is 2.75. The van der Waals surface area contributed by atoms with E-state index in [2.05, 4.69) is 75.3 Å². The summed E-state index contributed by atoms with van der Waals surface area (Å²) in [6.07, 6.45) is 2.23. The fraction of sp³-hybridized carbons (Fsp3) is 0.773. The van der Waals surface area contributed by atoms with E-state index >= 15 is 0 Å². The molecule has 3 aliphatic rings. The number of hydrogen-bond donors (Lipinski definition) is 0. The van der Waals surface area contributed by atoms with Gasteiger partial charge in [0, 0.05) is 17.3 Å². The maximum Gasteiger partial charge on any atom is 0.258 e. The fourth-order valence-corrected chi connectivity index (χ4v) is 12.3. The Bertz CT molecular complexity index is 662. The van der Waals surface area contributed by atoms with Crippen molar-refractivity contribution in [3.05, 3.63) is 23.0 Å². The van der Waals surface area contributed by atoms with Crippen LogP contribution < -0.4 is 0 Å². The van der Waals surface area contributed by atoms with Crippen molar-refractivity contribution in [1.82, 2.24) is 0 Å². The summed E-state index contributed by atoms with van der Waals surface area (Å²) in [5, 5.41) is 0. The zero-order chi connectivity index (χ0) is 19.1. The van der Waals surface area contributed by atoms with E-state index in [1.165, 1.54) is 11.1 Å². The lowest BCUT2D eigenvalue weighted by atomic mass is 9.67. The Morgan fingerprint density at radius 1 is 0.960 bits per heavy atom. The highest BCUT2D eigenvalue weighted by molar-refractivity contribution is 6.78. The van der Waals surface area contributed by atoms with Gasteiger partial charge >= 0.3 is 0 Å². The molecule has 0 aliphatic heterocycles. The van der Waals surface area contributed by atoms with Crippen molar-refractivity contribution >= 4 is 14.1 Å². The summed E-state index contributed by atoms with van der Waals surface area (Å²) in [6, 6.07) is 0. The third-order valence-corrected chi connectivity index (χ3v) is 13.7. The van der Waals surface area contributed by atoms with Crippen LogP contribution in [0.5, 0.6) is 0 Å². The summed E-state index contributed by atoms with van der Waals surface area (Å²) in [5.41, 5.74) is 3.54. The lowest BCUT2D eigenvalue weighted by Gasteiger charge is -2.48. The molecule has 0 radical (unpaired) electrons. The standard InChI is InChI=1S/C22H36O2Si/c1-12(2)25(13(3)4,14(5)6)24-19-16(8)18-17-15(7)11-21(19,9)20(23)22(17,18)10/h11-14,17-18H,1-10H3/t17-,18+,21+,22-/m0/s1. The third kappa shape index (κ3) is 2.05.